The SMILES string of the molecule is c1ccc(-c2ccc(-c3ccc(N(c4ccc5ccc6ccccc6c5c4)c4ccc5ccc6ccccc6c5c4)cc3)c3c2oc2ccccc23)cc1. The zero-order chi connectivity index (χ0) is 35.6. The summed E-state index contributed by atoms with van der Waals surface area (Å²) in [4.78, 5) is 2.40. The monoisotopic (exact) mass is 687 g/mol. The van der Waals surface area contributed by atoms with E-state index in [2.05, 4.69) is 199 Å². The molecule has 252 valence electrons. The van der Waals surface area contributed by atoms with Crippen LogP contribution in [0.3, 0.4) is 0 Å². The molecule has 0 radical (unpaired) electrons. The van der Waals surface area contributed by atoms with E-state index in [4.69, 9.17) is 4.42 Å². The van der Waals surface area contributed by atoms with Gasteiger partial charge in [0.25, 0.3) is 0 Å². The van der Waals surface area contributed by atoms with Gasteiger partial charge in [-0.2, -0.15) is 0 Å². The molecule has 0 aliphatic rings. The van der Waals surface area contributed by atoms with Gasteiger partial charge in [0.05, 0.1) is 0 Å². The third kappa shape index (κ3) is 4.88. The molecule has 0 aliphatic carbocycles. The molecule has 0 saturated carbocycles. The molecule has 1 heterocycles. The molecule has 0 saturated heterocycles. The van der Waals surface area contributed by atoms with Crippen LogP contribution in [0.25, 0.3) is 87.3 Å². The van der Waals surface area contributed by atoms with Crippen molar-refractivity contribution in [1.82, 2.24) is 0 Å². The van der Waals surface area contributed by atoms with Gasteiger partial charge in [0, 0.05) is 33.4 Å². The standard InChI is InChI=1S/C52H33NO/c1-2-10-34(11-3-1)46-31-30-45(51-47-16-8-9-17-50(47)54-52(46)51)37-22-26-40(27-23-37)53(41-28-24-38-20-18-35-12-4-6-14-43(35)48(38)32-41)42-29-25-39-21-19-36-13-5-7-15-44(36)49(39)33-42/h1-33H. The van der Waals surface area contributed by atoms with Crippen molar-refractivity contribution in [2.75, 3.05) is 4.90 Å². The number of para-hydroxylation sites is 1. The van der Waals surface area contributed by atoms with Crippen molar-refractivity contribution in [3.05, 3.63) is 200 Å². The van der Waals surface area contributed by atoms with E-state index in [1.165, 1.54) is 43.1 Å². The summed E-state index contributed by atoms with van der Waals surface area (Å²) in [5.41, 5.74) is 9.66. The third-order valence-corrected chi connectivity index (χ3v) is 11.0. The van der Waals surface area contributed by atoms with Gasteiger partial charge in [-0.15, -0.1) is 0 Å². The van der Waals surface area contributed by atoms with Crippen LogP contribution in [0.15, 0.2) is 205 Å². The maximum absolute atomic E-state index is 6.60. The molecule has 0 atom stereocenters. The van der Waals surface area contributed by atoms with Crippen LogP contribution in [0.2, 0.25) is 0 Å². The fourth-order valence-electron chi connectivity index (χ4n) is 8.41. The lowest BCUT2D eigenvalue weighted by Gasteiger charge is -2.27. The van der Waals surface area contributed by atoms with Crippen LogP contribution in [0, 0.1) is 0 Å². The Morgan fingerprint density at radius 2 is 0.778 bits per heavy atom. The van der Waals surface area contributed by atoms with Gasteiger partial charge in [0.1, 0.15) is 11.2 Å². The summed E-state index contributed by atoms with van der Waals surface area (Å²) in [6.07, 6.45) is 0. The van der Waals surface area contributed by atoms with Crippen LogP contribution < -0.4 is 4.90 Å². The average molecular weight is 688 g/mol. The van der Waals surface area contributed by atoms with Gasteiger partial charge in [-0.3, -0.25) is 0 Å². The van der Waals surface area contributed by atoms with Crippen LogP contribution >= 0.6 is 0 Å². The van der Waals surface area contributed by atoms with Gasteiger partial charge in [0.15, 0.2) is 0 Å². The first kappa shape index (κ1) is 30.5. The van der Waals surface area contributed by atoms with E-state index >= 15 is 0 Å². The predicted octanol–water partition coefficient (Wildman–Crippen LogP) is 15.0. The summed E-state index contributed by atoms with van der Waals surface area (Å²) in [5.74, 6) is 0. The quantitative estimate of drug-likeness (QED) is 0.168. The van der Waals surface area contributed by atoms with Crippen molar-refractivity contribution in [2.45, 2.75) is 0 Å². The Morgan fingerprint density at radius 3 is 1.41 bits per heavy atom. The molecule has 11 rings (SSSR count). The van der Waals surface area contributed by atoms with Gasteiger partial charge >= 0.3 is 0 Å². The molecular weight excluding hydrogens is 655 g/mol. The Balaban J connectivity index is 1.10. The maximum Gasteiger partial charge on any atom is 0.143 e. The van der Waals surface area contributed by atoms with E-state index in [0.717, 1.165) is 61.3 Å². The molecule has 10 aromatic carbocycles. The van der Waals surface area contributed by atoms with Crippen molar-refractivity contribution in [3.8, 4) is 22.3 Å². The minimum atomic E-state index is 0.896. The van der Waals surface area contributed by atoms with Gasteiger partial charge in [-0.1, -0.05) is 152 Å². The zero-order valence-corrected chi connectivity index (χ0v) is 29.4. The zero-order valence-electron chi connectivity index (χ0n) is 29.4. The highest BCUT2D eigenvalue weighted by Crippen LogP contribution is 2.44. The van der Waals surface area contributed by atoms with Crippen LogP contribution in [-0.2, 0) is 0 Å². The van der Waals surface area contributed by atoms with Crippen LogP contribution in [-0.4, -0.2) is 0 Å². The Morgan fingerprint density at radius 1 is 0.315 bits per heavy atom. The summed E-state index contributed by atoms with van der Waals surface area (Å²) in [5, 5.41) is 12.2. The van der Waals surface area contributed by atoms with Gasteiger partial charge in [0.2, 0.25) is 0 Å². The molecule has 2 nitrogen and oxygen atoms in total. The Kier molecular flexibility index (Phi) is 6.90. The molecule has 0 bridgehead atoms. The Labute approximate surface area is 312 Å². The van der Waals surface area contributed by atoms with Crippen LogP contribution in [0.5, 0.6) is 0 Å². The molecule has 0 amide bonds. The topological polar surface area (TPSA) is 16.4 Å². The van der Waals surface area contributed by atoms with Gasteiger partial charge in [-0.05, 0) is 108 Å². The number of benzene rings is 10. The first-order valence-electron chi connectivity index (χ1n) is 18.5. The first-order chi connectivity index (χ1) is 26.8. The molecule has 0 aliphatic heterocycles. The highest BCUT2D eigenvalue weighted by molar-refractivity contribution is 6.16. The van der Waals surface area contributed by atoms with E-state index in [1.54, 1.807) is 0 Å². The smallest absolute Gasteiger partial charge is 0.143 e. The fraction of sp³-hybridized carbons (Fsp3) is 0. The lowest BCUT2D eigenvalue weighted by molar-refractivity contribution is 0.670. The molecule has 0 N–H and O–H groups in total. The summed E-state index contributed by atoms with van der Waals surface area (Å²) in [6, 6.07) is 72.3. The van der Waals surface area contributed by atoms with E-state index in [-0.39, 0.29) is 0 Å². The number of rotatable bonds is 5. The largest absolute Gasteiger partial charge is 0.455 e. The number of fused-ring (bicyclic) bond motifs is 9. The van der Waals surface area contributed by atoms with E-state index < -0.39 is 0 Å². The van der Waals surface area contributed by atoms with Crippen LogP contribution in [0.4, 0.5) is 17.1 Å². The second-order valence-electron chi connectivity index (χ2n) is 14.1. The molecule has 11 aromatic rings. The molecule has 0 fully saturated rings. The predicted molar refractivity (Wildman–Crippen MR) is 229 cm³/mol. The third-order valence-electron chi connectivity index (χ3n) is 11.0. The summed E-state index contributed by atoms with van der Waals surface area (Å²) >= 11 is 0. The molecule has 2 heteroatoms. The van der Waals surface area contributed by atoms with Crippen molar-refractivity contribution in [2.24, 2.45) is 0 Å². The van der Waals surface area contributed by atoms with Crippen molar-refractivity contribution in [1.29, 1.82) is 0 Å². The lowest BCUT2D eigenvalue weighted by Crippen LogP contribution is -2.10. The average Bonchev–Trinajstić information content (AvgIpc) is 3.64. The summed E-state index contributed by atoms with van der Waals surface area (Å²) < 4.78 is 6.60. The Hall–Kier alpha value is -7.16. The van der Waals surface area contributed by atoms with Crippen molar-refractivity contribution < 1.29 is 4.42 Å². The Bertz CT molecular complexity index is 3090. The number of nitrogens with zero attached hydrogens (tertiary/aromatic N) is 1. The number of anilines is 3. The highest BCUT2D eigenvalue weighted by Gasteiger charge is 2.19. The molecule has 0 unspecified atom stereocenters. The summed E-state index contributed by atoms with van der Waals surface area (Å²) in [6.45, 7) is 0. The highest BCUT2D eigenvalue weighted by atomic mass is 16.3. The second-order valence-corrected chi connectivity index (χ2v) is 14.1. The minimum Gasteiger partial charge on any atom is -0.455 e. The molecule has 1 aromatic heterocycles. The van der Waals surface area contributed by atoms with Crippen molar-refractivity contribution in [3.63, 3.8) is 0 Å². The van der Waals surface area contributed by atoms with Crippen molar-refractivity contribution >= 4 is 82.1 Å². The van der Waals surface area contributed by atoms with E-state index in [9.17, 15) is 0 Å². The fourth-order valence-corrected chi connectivity index (χ4v) is 8.41. The number of hydrogen-bond donors (Lipinski definition) is 0. The van der Waals surface area contributed by atoms with E-state index in [0.29, 0.717) is 0 Å². The first-order valence-corrected chi connectivity index (χ1v) is 18.5. The van der Waals surface area contributed by atoms with E-state index in [1.807, 2.05) is 6.07 Å². The van der Waals surface area contributed by atoms with Gasteiger partial charge in [-0.25, -0.2) is 0 Å². The summed E-state index contributed by atoms with van der Waals surface area (Å²) in [7, 11) is 0. The van der Waals surface area contributed by atoms with Gasteiger partial charge < -0.3 is 9.32 Å². The lowest BCUT2D eigenvalue weighted by atomic mass is 9.94. The second kappa shape index (κ2) is 12.2. The minimum absolute atomic E-state index is 0.896. The molecular formula is C52H33NO. The number of furan rings is 1. The molecule has 54 heavy (non-hydrogen) atoms. The molecule has 0 spiro atoms. The van der Waals surface area contributed by atoms with Crippen LogP contribution in [0.1, 0.15) is 0 Å². The number of hydrogen-bond acceptors (Lipinski definition) is 2. The normalized spacial score (nSPS) is 11.7. The maximum atomic E-state index is 6.60.